The van der Waals surface area contributed by atoms with E-state index >= 15 is 0 Å². The minimum Gasteiger partial charge on any atom is -0.493 e. The average molecular weight is 506 g/mol. The van der Waals surface area contributed by atoms with Crippen molar-refractivity contribution in [3.8, 4) is 22.8 Å². The maximum absolute atomic E-state index is 14.0. The zero-order valence-electron chi connectivity index (χ0n) is 19.1. The zero-order chi connectivity index (χ0) is 24.4. The van der Waals surface area contributed by atoms with E-state index in [2.05, 4.69) is 22.1 Å². The molecule has 4 rings (SSSR count). The molecule has 34 heavy (non-hydrogen) atoms. The summed E-state index contributed by atoms with van der Waals surface area (Å²) >= 11 is 12.4. The fourth-order valence-electron chi connectivity index (χ4n) is 3.97. The molecule has 1 fully saturated rings. The van der Waals surface area contributed by atoms with Crippen molar-refractivity contribution >= 4 is 34.8 Å². The Labute approximate surface area is 208 Å². The summed E-state index contributed by atoms with van der Waals surface area (Å²) < 4.78 is 25.6. The summed E-state index contributed by atoms with van der Waals surface area (Å²) in [6.45, 7) is 6.40. The lowest BCUT2D eigenvalue weighted by molar-refractivity contribution is 0.227. The number of halogens is 3. The van der Waals surface area contributed by atoms with E-state index < -0.39 is 11.9 Å². The molecule has 10 heteroatoms. The van der Waals surface area contributed by atoms with Crippen molar-refractivity contribution < 1.29 is 13.9 Å². The molecule has 2 aromatic heterocycles. The van der Waals surface area contributed by atoms with Crippen LogP contribution in [0.4, 0.5) is 16.0 Å². The molecule has 0 bridgehead atoms. The van der Waals surface area contributed by atoms with E-state index in [0.29, 0.717) is 33.3 Å². The van der Waals surface area contributed by atoms with Crippen LogP contribution in [0.5, 0.6) is 11.5 Å². The van der Waals surface area contributed by atoms with E-state index in [1.165, 1.54) is 12.1 Å². The van der Waals surface area contributed by atoms with E-state index in [1.807, 2.05) is 12.1 Å². The monoisotopic (exact) mass is 505 g/mol. The number of ether oxygens (including phenoxy) is 2. The minimum atomic E-state index is -0.670. The standard InChI is InChI=1S/C24H26Cl2FN5O2/c1-13-11-29-8-9-32(13)24-19(33-3)7-6-18(31-24)15-10-20(23(28)30-12-15)34-14(2)21-16(25)4-5-17(27)22(21)26/h4-7,10,12-14,29H,8-9,11H2,1-3H3,(H2,28,30)/t13-,14+/m0/s1. The Bertz CT molecular complexity index is 1200. The van der Waals surface area contributed by atoms with Crippen LogP contribution in [0, 0.1) is 5.82 Å². The molecule has 3 aromatic rings. The first kappa shape index (κ1) is 24.3. The second-order valence-corrected chi connectivity index (χ2v) is 8.88. The Hall–Kier alpha value is -2.81. The first-order valence-corrected chi connectivity index (χ1v) is 11.6. The number of methoxy groups -OCH3 is 1. The zero-order valence-corrected chi connectivity index (χ0v) is 20.6. The normalized spacial score (nSPS) is 16.9. The number of pyridine rings is 2. The third kappa shape index (κ3) is 4.85. The summed E-state index contributed by atoms with van der Waals surface area (Å²) in [5.41, 5.74) is 7.81. The summed E-state index contributed by atoms with van der Waals surface area (Å²) in [7, 11) is 1.63. The Morgan fingerprint density at radius 1 is 1.24 bits per heavy atom. The molecule has 0 saturated carbocycles. The highest BCUT2D eigenvalue weighted by Crippen LogP contribution is 2.37. The van der Waals surface area contributed by atoms with Gasteiger partial charge in [0.15, 0.2) is 23.1 Å². The van der Waals surface area contributed by atoms with Crippen molar-refractivity contribution in [2.24, 2.45) is 0 Å². The number of aromatic nitrogens is 2. The largest absolute Gasteiger partial charge is 0.493 e. The number of piperazine rings is 1. The Kier molecular flexibility index (Phi) is 7.30. The maximum atomic E-state index is 14.0. The third-order valence-corrected chi connectivity index (χ3v) is 6.51. The van der Waals surface area contributed by atoms with Crippen molar-refractivity contribution in [2.75, 3.05) is 37.4 Å². The van der Waals surface area contributed by atoms with Gasteiger partial charge in [0.25, 0.3) is 0 Å². The lowest BCUT2D eigenvalue weighted by Crippen LogP contribution is -2.50. The second-order valence-electron chi connectivity index (χ2n) is 8.09. The van der Waals surface area contributed by atoms with E-state index in [-0.39, 0.29) is 16.9 Å². The van der Waals surface area contributed by atoms with Crippen LogP contribution in [0.1, 0.15) is 25.5 Å². The quantitative estimate of drug-likeness (QED) is 0.449. The molecule has 1 aliphatic rings. The van der Waals surface area contributed by atoms with Gasteiger partial charge in [0.05, 0.1) is 17.8 Å². The van der Waals surface area contributed by atoms with E-state index in [4.69, 9.17) is 43.4 Å². The highest BCUT2D eigenvalue weighted by Gasteiger charge is 2.24. The third-order valence-electron chi connectivity index (χ3n) is 5.80. The van der Waals surface area contributed by atoms with Crippen molar-refractivity contribution in [3.05, 3.63) is 58.0 Å². The molecular formula is C24H26Cl2FN5O2. The first-order chi connectivity index (χ1) is 16.3. The predicted octanol–water partition coefficient (Wildman–Crippen LogP) is 5.12. The summed E-state index contributed by atoms with van der Waals surface area (Å²) in [6, 6.07) is 8.41. The minimum absolute atomic E-state index is 0.0886. The van der Waals surface area contributed by atoms with Crippen LogP contribution in [-0.2, 0) is 0 Å². The van der Waals surface area contributed by atoms with Crippen LogP contribution >= 0.6 is 23.2 Å². The second kappa shape index (κ2) is 10.2. The number of hydrogen-bond acceptors (Lipinski definition) is 7. The van der Waals surface area contributed by atoms with Crippen molar-refractivity contribution in [3.63, 3.8) is 0 Å². The number of anilines is 2. The van der Waals surface area contributed by atoms with Crippen LogP contribution in [0.2, 0.25) is 10.0 Å². The van der Waals surface area contributed by atoms with Gasteiger partial charge in [-0.2, -0.15) is 0 Å². The van der Waals surface area contributed by atoms with Gasteiger partial charge in [-0.15, -0.1) is 0 Å². The molecule has 1 aliphatic heterocycles. The van der Waals surface area contributed by atoms with Gasteiger partial charge < -0.3 is 25.4 Å². The Balaban J connectivity index is 1.67. The Morgan fingerprint density at radius 3 is 2.76 bits per heavy atom. The predicted molar refractivity (Wildman–Crippen MR) is 134 cm³/mol. The summed E-state index contributed by atoms with van der Waals surface area (Å²) in [5, 5.41) is 3.59. The molecule has 3 N–H and O–H groups in total. The number of nitrogens with one attached hydrogen (secondary N) is 1. The molecular weight excluding hydrogens is 480 g/mol. The van der Waals surface area contributed by atoms with Gasteiger partial charge in [-0.05, 0) is 44.2 Å². The number of nitrogen functional groups attached to an aromatic ring is 1. The highest BCUT2D eigenvalue weighted by molar-refractivity contribution is 6.36. The van der Waals surface area contributed by atoms with Gasteiger partial charge in [0, 0.05) is 48.0 Å². The van der Waals surface area contributed by atoms with Crippen LogP contribution in [0.3, 0.4) is 0 Å². The molecule has 7 nitrogen and oxygen atoms in total. The maximum Gasteiger partial charge on any atom is 0.172 e. The van der Waals surface area contributed by atoms with Gasteiger partial charge in [-0.1, -0.05) is 23.2 Å². The molecule has 180 valence electrons. The highest BCUT2D eigenvalue weighted by atomic mass is 35.5. The first-order valence-electron chi connectivity index (χ1n) is 10.9. The van der Waals surface area contributed by atoms with Gasteiger partial charge in [0.1, 0.15) is 11.9 Å². The van der Waals surface area contributed by atoms with Crippen molar-refractivity contribution in [2.45, 2.75) is 26.0 Å². The lowest BCUT2D eigenvalue weighted by atomic mass is 10.1. The number of rotatable bonds is 6. The lowest BCUT2D eigenvalue weighted by Gasteiger charge is -2.35. The Morgan fingerprint density at radius 2 is 2.03 bits per heavy atom. The number of benzene rings is 1. The molecule has 0 spiro atoms. The van der Waals surface area contributed by atoms with Crippen molar-refractivity contribution in [1.29, 1.82) is 0 Å². The van der Waals surface area contributed by atoms with Crippen LogP contribution in [0.15, 0.2) is 36.5 Å². The molecule has 0 aliphatic carbocycles. The van der Waals surface area contributed by atoms with Gasteiger partial charge >= 0.3 is 0 Å². The molecule has 0 radical (unpaired) electrons. The summed E-state index contributed by atoms with van der Waals surface area (Å²) in [5.74, 6) is 1.38. The smallest absolute Gasteiger partial charge is 0.172 e. The fraction of sp³-hybridized carbons (Fsp3) is 0.333. The molecule has 3 heterocycles. The van der Waals surface area contributed by atoms with E-state index in [1.54, 1.807) is 26.3 Å². The molecule has 1 saturated heterocycles. The van der Waals surface area contributed by atoms with Crippen LogP contribution in [0.25, 0.3) is 11.3 Å². The SMILES string of the molecule is COc1ccc(-c2cnc(N)c(O[C@H](C)c3c(Cl)ccc(F)c3Cl)c2)nc1N1CCNC[C@@H]1C. The number of hydrogen-bond donors (Lipinski definition) is 2. The van der Waals surface area contributed by atoms with Gasteiger partial charge in [-0.3, -0.25) is 0 Å². The molecule has 0 unspecified atom stereocenters. The number of nitrogens with two attached hydrogens (primary N) is 1. The molecule has 1 aromatic carbocycles. The van der Waals surface area contributed by atoms with Gasteiger partial charge in [-0.25, -0.2) is 14.4 Å². The number of nitrogens with zero attached hydrogens (tertiary/aromatic N) is 3. The van der Waals surface area contributed by atoms with Crippen molar-refractivity contribution in [1.82, 2.24) is 15.3 Å². The fourth-order valence-corrected chi connectivity index (χ4v) is 4.65. The van der Waals surface area contributed by atoms with Gasteiger partial charge in [0.2, 0.25) is 0 Å². The molecule has 2 atom stereocenters. The van der Waals surface area contributed by atoms with E-state index in [9.17, 15) is 4.39 Å². The topological polar surface area (TPSA) is 85.5 Å². The summed E-state index contributed by atoms with van der Waals surface area (Å²) in [6.07, 6.45) is 0.963. The average Bonchev–Trinajstić information content (AvgIpc) is 2.83. The summed E-state index contributed by atoms with van der Waals surface area (Å²) in [4.78, 5) is 11.4. The van der Waals surface area contributed by atoms with Crippen LogP contribution < -0.4 is 25.4 Å². The van der Waals surface area contributed by atoms with E-state index in [0.717, 1.165) is 25.5 Å². The van der Waals surface area contributed by atoms with Crippen LogP contribution in [-0.4, -0.2) is 42.8 Å². The molecule has 0 amide bonds.